The smallest absolute Gasteiger partial charge is 0.305 e. The second-order valence-electron chi connectivity index (χ2n) is 6.39. The molecule has 0 fully saturated rings. The molecule has 6 nitrogen and oxygen atoms in total. The van der Waals surface area contributed by atoms with E-state index in [4.69, 9.17) is 9.63 Å². The number of aliphatic carboxylic acids is 1. The van der Waals surface area contributed by atoms with Gasteiger partial charge in [0.25, 0.3) is 0 Å². The number of amides is 1. The highest BCUT2D eigenvalue weighted by molar-refractivity contribution is 5.77. The Balaban J connectivity index is 2.60. The zero-order valence-electron chi connectivity index (χ0n) is 13.3. The molecule has 1 atom stereocenters. The van der Waals surface area contributed by atoms with Crippen molar-refractivity contribution in [1.82, 2.24) is 10.5 Å². The van der Waals surface area contributed by atoms with E-state index in [9.17, 15) is 9.59 Å². The Hall–Kier alpha value is -1.85. The molecule has 0 saturated carbocycles. The first-order chi connectivity index (χ1) is 9.61. The van der Waals surface area contributed by atoms with Crippen molar-refractivity contribution < 1.29 is 19.2 Å². The second kappa shape index (κ2) is 6.74. The Morgan fingerprint density at radius 1 is 1.33 bits per heavy atom. The van der Waals surface area contributed by atoms with Gasteiger partial charge in [-0.3, -0.25) is 9.59 Å². The molecule has 1 heterocycles. The number of carbonyl (C=O) groups is 2. The topological polar surface area (TPSA) is 92.4 Å². The summed E-state index contributed by atoms with van der Waals surface area (Å²) >= 11 is 0. The maximum Gasteiger partial charge on any atom is 0.305 e. The van der Waals surface area contributed by atoms with Crippen LogP contribution in [-0.4, -0.2) is 28.2 Å². The number of carboxylic acids is 1. The van der Waals surface area contributed by atoms with Gasteiger partial charge in [0.15, 0.2) is 0 Å². The van der Waals surface area contributed by atoms with E-state index in [0.717, 1.165) is 17.0 Å². The number of aryl methyl sites for hydroxylation is 2. The fourth-order valence-electron chi connectivity index (χ4n) is 2.11. The van der Waals surface area contributed by atoms with Gasteiger partial charge in [0.05, 0.1) is 12.1 Å². The van der Waals surface area contributed by atoms with Crippen LogP contribution in [0.4, 0.5) is 0 Å². The number of carbonyl (C=O) groups excluding carboxylic acids is 1. The molecule has 1 rings (SSSR count). The van der Waals surface area contributed by atoms with E-state index in [1.54, 1.807) is 0 Å². The zero-order chi connectivity index (χ0) is 16.2. The van der Waals surface area contributed by atoms with Crippen LogP contribution in [0.15, 0.2) is 4.52 Å². The third-order valence-corrected chi connectivity index (χ3v) is 3.54. The molecule has 0 bridgehead atoms. The van der Waals surface area contributed by atoms with Crippen molar-refractivity contribution in [2.75, 3.05) is 0 Å². The average Bonchev–Trinajstić information content (AvgIpc) is 2.64. The molecule has 0 aliphatic rings. The molecule has 2 N–H and O–H groups in total. The molecule has 0 aromatic carbocycles. The first kappa shape index (κ1) is 17.2. The van der Waals surface area contributed by atoms with Crippen LogP contribution in [0.3, 0.4) is 0 Å². The molecular formula is C15H24N2O4. The van der Waals surface area contributed by atoms with Gasteiger partial charge in [-0.1, -0.05) is 25.9 Å². The van der Waals surface area contributed by atoms with E-state index in [-0.39, 0.29) is 24.2 Å². The maximum atomic E-state index is 12.0. The van der Waals surface area contributed by atoms with Crippen molar-refractivity contribution in [2.24, 2.45) is 5.41 Å². The van der Waals surface area contributed by atoms with Crippen molar-refractivity contribution in [3.63, 3.8) is 0 Å². The lowest BCUT2D eigenvalue weighted by Gasteiger charge is -2.30. The molecule has 1 aromatic heterocycles. The molecule has 6 heteroatoms. The van der Waals surface area contributed by atoms with E-state index in [1.165, 1.54) is 0 Å². The van der Waals surface area contributed by atoms with Crippen molar-refractivity contribution in [1.29, 1.82) is 0 Å². The molecule has 21 heavy (non-hydrogen) atoms. The number of nitrogens with one attached hydrogen (secondary N) is 1. The van der Waals surface area contributed by atoms with Gasteiger partial charge >= 0.3 is 5.97 Å². The Bertz CT molecular complexity index is 495. The highest BCUT2D eigenvalue weighted by atomic mass is 16.5. The normalized spacial score (nSPS) is 13.0. The van der Waals surface area contributed by atoms with Crippen LogP contribution in [0, 0.1) is 19.3 Å². The van der Waals surface area contributed by atoms with Gasteiger partial charge < -0.3 is 14.9 Å². The molecule has 1 aromatic rings. The predicted molar refractivity (Wildman–Crippen MR) is 77.9 cm³/mol. The highest BCUT2D eigenvalue weighted by Gasteiger charge is 2.28. The van der Waals surface area contributed by atoms with Gasteiger partial charge in [0.1, 0.15) is 5.76 Å². The molecule has 1 unspecified atom stereocenters. The Labute approximate surface area is 124 Å². The second-order valence-corrected chi connectivity index (χ2v) is 6.39. The summed E-state index contributed by atoms with van der Waals surface area (Å²) in [7, 11) is 0. The molecule has 118 valence electrons. The fourth-order valence-corrected chi connectivity index (χ4v) is 2.11. The quantitative estimate of drug-likeness (QED) is 0.839. The Kier molecular flexibility index (Phi) is 5.52. The van der Waals surface area contributed by atoms with E-state index in [1.807, 2.05) is 34.6 Å². The van der Waals surface area contributed by atoms with Crippen LogP contribution in [0.5, 0.6) is 0 Å². The largest absolute Gasteiger partial charge is 0.481 e. The maximum absolute atomic E-state index is 12.0. The SMILES string of the molecule is Cc1noc(C)c1CCC(=O)NC(CC(=O)O)C(C)(C)C. The van der Waals surface area contributed by atoms with Crippen LogP contribution in [0.1, 0.15) is 50.6 Å². The number of rotatable bonds is 6. The van der Waals surface area contributed by atoms with Gasteiger partial charge in [-0.25, -0.2) is 0 Å². The monoisotopic (exact) mass is 296 g/mol. The minimum absolute atomic E-state index is 0.0828. The standard InChI is InChI=1S/C15H24N2O4/c1-9-11(10(2)21-17-9)6-7-13(18)16-12(8-14(19)20)15(3,4)5/h12H,6-8H2,1-5H3,(H,16,18)(H,19,20). The molecule has 0 spiro atoms. The van der Waals surface area contributed by atoms with Crippen LogP contribution in [0.2, 0.25) is 0 Å². The van der Waals surface area contributed by atoms with Crippen LogP contribution >= 0.6 is 0 Å². The summed E-state index contributed by atoms with van der Waals surface area (Å²) in [5, 5.41) is 15.6. The van der Waals surface area contributed by atoms with Crippen molar-refractivity contribution >= 4 is 11.9 Å². The Morgan fingerprint density at radius 3 is 2.38 bits per heavy atom. The van der Waals surface area contributed by atoms with Crippen molar-refractivity contribution in [2.45, 2.75) is 59.9 Å². The first-order valence-corrected chi connectivity index (χ1v) is 7.04. The fraction of sp³-hybridized carbons (Fsp3) is 0.667. The summed E-state index contributed by atoms with van der Waals surface area (Å²) in [6.07, 6.45) is 0.743. The van der Waals surface area contributed by atoms with Gasteiger partial charge in [-0.05, 0) is 25.7 Å². The number of aromatic nitrogens is 1. The first-order valence-electron chi connectivity index (χ1n) is 7.04. The summed E-state index contributed by atoms with van der Waals surface area (Å²) in [5.74, 6) is -0.352. The van der Waals surface area contributed by atoms with Gasteiger partial charge in [-0.2, -0.15) is 0 Å². The summed E-state index contributed by atoms with van der Waals surface area (Å²) in [6, 6.07) is -0.396. The third kappa shape index (κ3) is 5.21. The van der Waals surface area contributed by atoms with Gasteiger partial charge in [0.2, 0.25) is 5.91 Å². The van der Waals surface area contributed by atoms with Gasteiger partial charge in [-0.15, -0.1) is 0 Å². The number of hydrogen-bond donors (Lipinski definition) is 2. The predicted octanol–water partition coefficient (Wildman–Crippen LogP) is 2.23. The van der Waals surface area contributed by atoms with Crippen LogP contribution in [0.25, 0.3) is 0 Å². The number of nitrogens with zero attached hydrogens (tertiary/aromatic N) is 1. The molecule has 0 radical (unpaired) electrons. The molecule has 0 aliphatic carbocycles. The highest BCUT2D eigenvalue weighted by Crippen LogP contribution is 2.22. The van der Waals surface area contributed by atoms with E-state index in [0.29, 0.717) is 6.42 Å². The van der Waals surface area contributed by atoms with Crippen LogP contribution < -0.4 is 5.32 Å². The minimum atomic E-state index is -0.916. The van der Waals surface area contributed by atoms with Crippen LogP contribution in [-0.2, 0) is 16.0 Å². The van der Waals surface area contributed by atoms with E-state index < -0.39 is 12.0 Å². The number of carboxylic acid groups (broad SMARTS) is 1. The zero-order valence-corrected chi connectivity index (χ0v) is 13.3. The summed E-state index contributed by atoms with van der Waals surface area (Å²) in [5.41, 5.74) is 1.42. The van der Waals surface area contributed by atoms with E-state index in [2.05, 4.69) is 10.5 Å². The average molecular weight is 296 g/mol. The van der Waals surface area contributed by atoms with Gasteiger partial charge in [0, 0.05) is 18.0 Å². The molecular weight excluding hydrogens is 272 g/mol. The summed E-state index contributed by atoms with van der Waals surface area (Å²) < 4.78 is 5.06. The molecule has 1 amide bonds. The van der Waals surface area contributed by atoms with E-state index >= 15 is 0 Å². The van der Waals surface area contributed by atoms with Crippen molar-refractivity contribution in [3.8, 4) is 0 Å². The van der Waals surface area contributed by atoms with Crippen molar-refractivity contribution in [3.05, 3.63) is 17.0 Å². The lowest BCUT2D eigenvalue weighted by molar-refractivity contribution is -0.138. The molecule has 0 aliphatic heterocycles. The minimum Gasteiger partial charge on any atom is -0.481 e. The molecule has 0 saturated heterocycles. The number of hydrogen-bond acceptors (Lipinski definition) is 4. The summed E-state index contributed by atoms with van der Waals surface area (Å²) in [6.45, 7) is 9.39. The Morgan fingerprint density at radius 2 is 1.95 bits per heavy atom. The lowest BCUT2D eigenvalue weighted by Crippen LogP contribution is -2.45. The third-order valence-electron chi connectivity index (χ3n) is 3.54. The lowest BCUT2D eigenvalue weighted by atomic mass is 9.84. The summed E-state index contributed by atoms with van der Waals surface area (Å²) in [4.78, 5) is 22.9.